The van der Waals surface area contributed by atoms with E-state index in [9.17, 15) is 4.79 Å². The van der Waals surface area contributed by atoms with Gasteiger partial charge in [-0.1, -0.05) is 0 Å². The Morgan fingerprint density at radius 2 is 1.93 bits per heavy atom. The van der Waals surface area contributed by atoms with Crippen LogP contribution in [0.4, 0.5) is 16.4 Å². The number of hydrogen-bond acceptors (Lipinski definition) is 6. The lowest BCUT2D eigenvalue weighted by atomic mass is 9.97. The predicted octanol–water partition coefficient (Wildman–Crippen LogP) is 2.53. The lowest BCUT2D eigenvalue weighted by molar-refractivity contribution is 0.248. The monoisotopic (exact) mass is 371 g/mol. The third kappa shape index (κ3) is 4.99. The van der Waals surface area contributed by atoms with Crippen molar-refractivity contribution < 1.29 is 14.3 Å². The summed E-state index contributed by atoms with van der Waals surface area (Å²) in [6, 6.07) is 6.84. The van der Waals surface area contributed by atoms with Gasteiger partial charge in [-0.05, 0) is 37.0 Å². The molecular formula is C19H25N5O3. The van der Waals surface area contributed by atoms with E-state index in [-0.39, 0.29) is 6.03 Å². The van der Waals surface area contributed by atoms with Crippen LogP contribution in [0.2, 0.25) is 0 Å². The predicted molar refractivity (Wildman–Crippen MR) is 104 cm³/mol. The van der Waals surface area contributed by atoms with Crippen LogP contribution >= 0.6 is 0 Å². The minimum absolute atomic E-state index is 0.243. The van der Waals surface area contributed by atoms with Crippen molar-refractivity contribution in [2.24, 2.45) is 5.92 Å². The Kier molecular flexibility index (Phi) is 6.30. The van der Waals surface area contributed by atoms with Crippen molar-refractivity contribution in [3.8, 4) is 11.5 Å². The van der Waals surface area contributed by atoms with E-state index in [1.54, 1.807) is 44.8 Å². The van der Waals surface area contributed by atoms with E-state index in [0.29, 0.717) is 29.6 Å². The summed E-state index contributed by atoms with van der Waals surface area (Å²) < 4.78 is 10.5. The van der Waals surface area contributed by atoms with Gasteiger partial charge in [0.15, 0.2) is 0 Å². The molecule has 8 nitrogen and oxygen atoms in total. The Balaban J connectivity index is 1.45. The van der Waals surface area contributed by atoms with Crippen molar-refractivity contribution in [1.29, 1.82) is 0 Å². The quantitative estimate of drug-likeness (QED) is 0.811. The number of urea groups is 1. The topological polar surface area (TPSA) is 88.6 Å². The molecule has 1 fully saturated rings. The van der Waals surface area contributed by atoms with E-state index >= 15 is 0 Å². The third-order valence-corrected chi connectivity index (χ3v) is 4.66. The van der Waals surface area contributed by atoms with Gasteiger partial charge in [0.25, 0.3) is 0 Å². The second-order valence-electron chi connectivity index (χ2n) is 6.38. The molecule has 0 spiro atoms. The average molecular weight is 371 g/mol. The lowest BCUT2D eigenvalue weighted by Crippen LogP contribution is -2.40. The van der Waals surface area contributed by atoms with Crippen LogP contribution in [0.15, 0.2) is 36.7 Å². The maximum Gasteiger partial charge on any atom is 0.319 e. The Morgan fingerprint density at radius 3 is 2.59 bits per heavy atom. The molecule has 2 N–H and O–H groups in total. The third-order valence-electron chi connectivity index (χ3n) is 4.66. The summed E-state index contributed by atoms with van der Waals surface area (Å²) in [6.07, 6.45) is 5.50. The molecule has 2 amide bonds. The molecule has 0 aliphatic carbocycles. The van der Waals surface area contributed by atoms with Crippen molar-refractivity contribution in [3.63, 3.8) is 0 Å². The number of nitrogens with one attached hydrogen (secondary N) is 2. The maximum atomic E-state index is 12.2. The molecule has 8 heteroatoms. The number of rotatable bonds is 6. The van der Waals surface area contributed by atoms with Gasteiger partial charge in [0.05, 0.1) is 19.9 Å². The highest BCUT2D eigenvalue weighted by Crippen LogP contribution is 2.29. The van der Waals surface area contributed by atoms with E-state index in [1.807, 2.05) is 6.07 Å². The Bertz CT molecular complexity index is 748. The first-order chi connectivity index (χ1) is 13.2. The second-order valence-corrected chi connectivity index (χ2v) is 6.38. The zero-order chi connectivity index (χ0) is 19.1. The van der Waals surface area contributed by atoms with Gasteiger partial charge in [0, 0.05) is 38.1 Å². The Labute approximate surface area is 158 Å². The van der Waals surface area contributed by atoms with Crippen molar-refractivity contribution in [3.05, 3.63) is 36.7 Å². The molecule has 3 rings (SSSR count). The number of anilines is 2. The van der Waals surface area contributed by atoms with Crippen LogP contribution < -0.4 is 25.0 Å². The molecule has 0 radical (unpaired) electrons. The zero-order valence-electron chi connectivity index (χ0n) is 15.6. The molecule has 1 aromatic carbocycles. The standard InChI is InChI=1S/C19H25N5O3/c1-26-15-4-5-16(17(12-15)27-2)23-19(25)22-13-14-6-10-24(11-7-14)18-20-8-3-9-21-18/h3-5,8-9,12,14H,6-7,10-11,13H2,1-2H3,(H2,22,23,25). The van der Waals surface area contributed by atoms with Crippen LogP contribution in [-0.4, -0.2) is 49.9 Å². The number of benzene rings is 1. The van der Waals surface area contributed by atoms with Gasteiger partial charge in [-0.3, -0.25) is 0 Å². The van der Waals surface area contributed by atoms with E-state index in [2.05, 4.69) is 25.5 Å². The lowest BCUT2D eigenvalue weighted by Gasteiger charge is -2.31. The first-order valence-corrected chi connectivity index (χ1v) is 8.98. The molecule has 1 aromatic heterocycles. The number of amides is 2. The number of methoxy groups -OCH3 is 2. The number of aromatic nitrogens is 2. The number of nitrogens with zero attached hydrogens (tertiary/aromatic N) is 3. The van der Waals surface area contributed by atoms with Gasteiger partial charge in [0.2, 0.25) is 5.95 Å². The summed E-state index contributed by atoms with van der Waals surface area (Å²) in [4.78, 5) is 23.0. The van der Waals surface area contributed by atoms with Crippen molar-refractivity contribution in [2.45, 2.75) is 12.8 Å². The van der Waals surface area contributed by atoms with E-state index < -0.39 is 0 Å². The summed E-state index contributed by atoms with van der Waals surface area (Å²) in [5.74, 6) is 2.44. The Hall–Kier alpha value is -3.03. The molecule has 0 unspecified atom stereocenters. The molecule has 27 heavy (non-hydrogen) atoms. The molecule has 1 aliphatic rings. The van der Waals surface area contributed by atoms with Gasteiger partial charge < -0.3 is 25.0 Å². The molecule has 2 heterocycles. The van der Waals surface area contributed by atoms with Crippen molar-refractivity contribution in [1.82, 2.24) is 15.3 Å². The van der Waals surface area contributed by atoms with Crippen LogP contribution in [0.3, 0.4) is 0 Å². The zero-order valence-corrected chi connectivity index (χ0v) is 15.6. The number of carbonyl (C=O) groups is 1. The number of piperidine rings is 1. The van der Waals surface area contributed by atoms with Crippen LogP contribution in [0.5, 0.6) is 11.5 Å². The van der Waals surface area contributed by atoms with Gasteiger partial charge in [-0.15, -0.1) is 0 Å². The van der Waals surface area contributed by atoms with E-state index in [0.717, 1.165) is 31.9 Å². The SMILES string of the molecule is COc1ccc(NC(=O)NCC2CCN(c3ncccn3)CC2)c(OC)c1. The van der Waals surface area contributed by atoms with Crippen LogP contribution in [0, 0.1) is 5.92 Å². The highest BCUT2D eigenvalue weighted by Gasteiger charge is 2.21. The molecule has 1 aliphatic heterocycles. The maximum absolute atomic E-state index is 12.2. The fourth-order valence-electron chi connectivity index (χ4n) is 3.10. The second kappa shape index (κ2) is 9.07. The van der Waals surface area contributed by atoms with Crippen LogP contribution in [0.1, 0.15) is 12.8 Å². The van der Waals surface area contributed by atoms with Gasteiger partial charge in [-0.25, -0.2) is 14.8 Å². The smallest absolute Gasteiger partial charge is 0.319 e. The molecule has 144 valence electrons. The van der Waals surface area contributed by atoms with Crippen molar-refractivity contribution in [2.75, 3.05) is 44.1 Å². The summed E-state index contributed by atoms with van der Waals surface area (Å²) in [6.45, 7) is 2.42. The summed E-state index contributed by atoms with van der Waals surface area (Å²) in [7, 11) is 3.14. The van der Waals surface area contributed by atoms with Crippen LogP contribution in [0.25, 0.3) is 0 Å². The normalized spacial score (nSPS) is 14.5. The molecular weight excluding hydrogens is 346 g/mol. The molecule has 0 saturated carbocycles. The highest BCUT2D eigenvalue weighted by atomic mass is 16.5. The molecule has 2 aromatic rings. The largest absolute Gasteiger partial charge is 0.497 e. The fourth-order valence-corrected chi connectivity index (χ4v) is 3.10. The van der Waals surface area contributed by atoms with E-state index in [1.165, 1.54) is 0 Å². The average Bonchev–Trinajstić information content (AvgIpc) is 2.73. The minimum atomic E-state index is -0.243. The first-order valence-electron chi connectivity index (χ1n) is 8.98. The summed E-state index contributed by atoms with van der Waals surface area (Å²) >= 11 is 0. The first kappa shape index (κ1) is 18.8. The number of ether oxygens (including phenoxy) is 2. The van der Waals surface area contributed by atoms with Crippen LogP contribution in [-0.2, 0) is 0 Å². The number of hydrogen-bond donors (Lipinski definition) is 2. The molecule has 0 bridgehead atoms. The molecule has 1 saturated heterocycles. The highest BCUT2D eigenvalue weighted by molar-refractivity contribution is 5.91. The van der Waals surface area contributed by atoms with E-state index in [4.69, 9.17) is 9.47 Å². The van der Waals surface area contributed by atoms with Gasteiger partial charge >= 0.3 is 6.03 Å². The minimum Gasteiger partial charge on any atom is -0.497 e. The summed E-state index contributed by atoms with van der Waals surface area (Å²) in [5, 5.41) is 5.77. The van der Waals surface area contributed by atoms with Gasteiger partial charge in [0.1, 0.15) is 11.5 Å². The van der Waals surface area contributed by atoms with Gasteiger partial charge in [-0.2, -0.15) is 0 Å². The number of carbonyl (C=O) groups excluding carboxylic acids is 1. The molecule has 0 atom stereocenters. The fraction of sp³-hybridized carbons (Fsp3) is 0.421. The summed E-state index contributed by atoms with van der Waals surface area (Å²) in [5.41, 5.74) is 0.604. The Morgan fingerprint density at radius 1 is 1.19 bits per heavy atom. The van der Waals surface area contributed by atoms with Crippen molar-refractivity contribution >= 4 is 17.7 Å².